The van der Waals surface area contributed by atoms with Crippen LogP contribution in [0.5, 0.6) is 5.75 Å². The van der Waals surface area contributed by atoms with Crippen LogP contribution in [0.2, 0.25) is 5.02 Å². The van der Waals surface area contributed by atoms with Crippen LogP contribution in [-0.2, 0) is 4.79 Å². The molecule has 64 valence electrons. The van der Waals surface area contributed by atoms with E-state index in [-0.39, 0.29) is 11.7 Å². The van der Waals surface area contributed by atoms with Crippen LogP contribution < -0.4 is 0 Å². The van der Waals surface area contributed by atoms with Gasteiger partial charge in [0, 0.05) is 16.5 Å². The number of carbonyl (C=O) groups is 1. The normalized spacial score (nSPS) is 12.5. The van der Waals surface area contributed by atoms with Crippen LogP contribution in [0.15, 0.2) is 18.2 Å². The molecule has 0 spiro atoms. The molecule has 3 heteroatoms. The van der Waals surface area contributed by atoms with Crippen molar-refractivity contribution in [2.75, 3.05) is 0 Å². The van der Waals surface area contributed by atoms with Crippen molar-refractivity contribution in [3.05, 3.63) is 28.8 Å². The smallest absolute Gasteiger partial charge is 0.127 e. The highest BCUT2D eigenvalue weighted by molar-refractivity contribution is 6.30. The molecule has 0 saturated carbocycles. The second-order valence-electron chi connectivity index (χ2n) is 2.63. The number of carbonyl (C=O) groups excluding carboxylic acids is 1. The predicted molar refractivity (Wildman–Crippen MR) is 47.6 cm³/mol. The zero-order chi connectivity index (χ0) is 9.14. The first-order valence-corrected chi connectivity index (χ1v) is 3.96. The van der Waals surface area contributed by atoms with Crippen LogP contribution in [0.25, 0.3) is 0 Å². The third-order valence-electron chi connectivity index (χ3n) is 1.69. The number of phenols is 1. The van der Waals surface area contributed by atoms with E-state index in [9.17, 15) is 9.90 Å². The Bertz CT molecular complexity index is 297. The molecule has 0 fully saturated rings. The zero-order valence-electron chi connectivity index (χ0n) is 6.62. The highest BCUT2D eigenvalue weighted by Crippen LogP contribution is 2.27. The molecule has 1 N–H and O–H groups in total. The molecule has 0 radical (unpaired) electrons. The fourth-order valence-electron chi connectivity index (χ4n) is 0.975. The Morgan fingerprint density at radius 3 is 2.75 bits per heavy atom. The molecule has 0 heterocycles. The third kappa shape index (κ3) is 1.77. The fraction of sp³-hybridized carbons (Fsp3) is 0.222. The first kappa shape index (κ1) is 9.07. The van der Waals surface area contributed by atoms with Gasteiger partial charge in [-0.25, -0.2) is 0 Å². The van der Waals surface area contributed by atoms with Crippen LogP contribution in [-0.4, -0.2) is 11.4 Å². The Labute approximate surface area is 75.8 Å². The Kier molecular flexibility index (Phi) is 2.71. The molecule has 0 aromatic heterocycles. The Balaban J connectivity index is 3.09. The topological polar surface area (TPSA) is 37.3 Å². The van der Waals surface area contributed by atoms with Gasteiger partial charge >= 0.3 is 0 Å². The zero-order valence-corrected chi connectivity index (χ0v) is 7.38. The average molecular weight is 185 g/mol. The second kappa shape index (κ2) is 3.59. The second-order valence-corrected chi connectivity index (χ2v) is 3.06. The molecule has 1 rings (SSSR count). The summed E-state index contributed by atoms with van der Waals surface area (Å²) in [5.41, 5.74) is 0.606. The number of aldehydes is 1. The van der Waals surface area contributed by atoms with Crippen molar-refractivity contribution in [3.63, 3.8) is 0 Å². The molecular weight excluding hydrogens is 176 g/mol. The highest BCUT2D eigenvalue weighted by Gasteiger charge is 2.08. The first-order chi connectivity index (χ1) is 5.65. The van der Waals surface area contributed by atoms with Gasteiger partial charge in [0.2, 0.25) is 0 Å². The molecule has 0 amide bonds. The van der Waals surface area contributed by atoms with E-state index in [0.29, 0.717) is 10.6 Å². The van der Waals surface area contributed by atoms with E-state index in [4.69, 9.17) is 11.6 Å². The summed E-state index contributed by atoms with van der Waals surface area (Å²) in [5.74, 6) is -0.218. The summed E-state index contributed by atoms with van der Waals surface area (Å²) in [7, 11) is 0. The molecule has 2 nitrogen and oxygen atoms in total. The monoisotopic (exact) mass is 184 g/mol. The van der Waals surface area contributed by atoms with Gasteiger partial charge in [0.25, 0.3) is 0 Å². The number of hydrogen-bond acceptors (Lipinski definition) is 2. The van der Waals surface area contributed by atoms with Gasteiger partial charge in [0.1, 0.15) is 12.0 Å². The van der Waals surface area contributed by atoms with E-state index < -0.39 is 0 Å². The predicted octanol–water partition coefficient (Wildman–Crippen LogP) is 2.35. The SMILES string of the molecule is CC(C=O)c1ccc(Cl)cc1O. The van der Waals surface area contributed by atoms with Gasteiger partial charge in [-0.05, 0) is 12.1 Å². The van der Waals surface area contributed by atoms with Gasteiger partial charge < -0.3 is 9.90 Å². The van der Waals surface area contributed by atoms with E-state index in [1.807, 2.05) is 0 Å². The molecular formula is C9H9ClO2. The quantitative estimate of drug-likeness (QED) is 0.717. The third-order valence-corrected chi connectivity index (χ3v) is 1.92. The molecule has 0 saturated heterocycles. The van der Waals surface area contributed by atoms with Gasteiger partial charge in [0.05, 0.1) is 0 Å². The van der Waals surface area contributed by atoms with Crippen LogP contribution in [0, 0.1) is 0 Å². The molecule has 1 unspecified atom stereocenters. The maximum absolute atomic E-state index is 10.4. The molecule has 1 atom stereocenters. The summed E-state index contributed by atoms with van der Waals surface area (Å²) in [6, 6.07) is 4.73. The lowest BCUT2D eigenvalue weighted by atomic mass is 10.0. The molecule has 12 heavy (non-hydrogen) atoms. The van der Waals surface area contributed by atoms with Gasteiger partial charge in [-0.1, -0.05) is 24.6 Å². The standard InChI is InChI=1S/C9H9ClO2/c1-6(5-11)8-3-2-7(10)4-9(8)12/h2-6,12H,1H3. The minimum Gasteiger partial charge on any atom is -0.508 e. The summed E-state index contributed by atoms with van der Waals surface area (Å²) in [5, 5.41) is 9.82. The Morgan fingerprint density at radius 1 is 1.58 bits per heavy atom. The van der Waals surface area contributed by atoms with E-state index in [1.54, 1.807) is 19.1 Å². The largest absolute Gasteiger partial charge is 0.508 e. The summed E-state index contributed by atoms with van der Waals surface area (Å²) >= 11 is 5.62. The Morgan fingerprint density at radius 2 is 2.25 bits per heavy atom. The molecule has 0 aliphatic heterocycles. The fourth-order valence-corrected chi connectivity index (χ4v) is 1.14. The minimum absolute atomic E-state index is 0.0714. The van der Waals surface area contributed by atoms with Gasteiger partial charge in [-0.15, -0.1) is 0 Å². The van der Waals surface area contributed by atoms with Crippen LogP contribution in [0.1, 0.15) is 18.4 Å². The summed E-state index contributed by atoms with van der Waals surface area (Å²) in [6.45, 7) is 1.72. The maximum Gasteiger partial charge on any atom is 0.127 e. The summed E-state index contributed by atoms with van der Waals surface area (Å²) < 4.78 is 0. The number of benzene rings is 1. The maximum atomic E-state index is 10.4. The van der Waals surface area contributed by atoms with Crippen molar-refractivity contribution in [2.45, 2.75) is 12.8 Å². The van der Waals surface area contributed by atoms with E-state index in [2.05, 4.69) is 0 Å². The van der Waals surface area contributed by atoms with Gasteiger partial charge in [0.15, 0.2) is 0 Å². The van der Waals surface area contributed by atoms with Crippen LogP contribution in [0.4, 0.5) is 0 Å². The summed E-state index contributed by atoms with van der Waals surface area (Å²) in [6.07, 6.45) is 0.781. The Hall–Kier alpha value is -1.02. The lowest BCUT2D eigenvalue weighted by Gasteiger charge is -2.06. The lowest BCUT2D eigenvalue weighted by Crippen LogP contribution is -1.94. The summed E-state index contributed by atoms with van der Waals surface area (Å²) in [4.78, 5) is 10.4. The molecule has 0 bridgehead atoms. The number of aromatic hydroxyl groups is 1. The van der Waals surface area contributed by atoms with Crippen molar-refractivity contribution in [1.29, 1.82) is 0 Å². The number of phenolic OH excluding ortho intramolecular Hbond substituents is 1. The first-order valence-electron chi connectivity index (χ1n) is 3.59. The molecule has 1 aromatic carbocycles. The number of hydrogen-bond donors (Lipinski definition) is 1. The van der Waals surface area contributed by atoms with E-state index >= 15 is 0 Å². The van der Waals surface area contributed by atoms with Crippen molar-refractivity contribution in [2.24, 2.45) is 0 Å². The van der Waals surface area contributed by atoms with E-state index in [0.717, 1.165) is 6.29 Å². The molecule has 0 aliphatic carbocycles. The van der Waals surface area contributed by atoms with Gasteiger partial charge in [-0.3, -0.25) is 0 Å². The number of halogens is 1. The highest BCUT2D eigenvalue weighted by atomic mass is 35.5. The van der Waals surface area contributed by atoms with Crippen LogP contribution in [0.3, 0.4) is 0 Å². The number of rotatable bonds is 2. The van der Waals surface area contributed by atoms with Crippen LogP contribution >= 0.6 is 11.6 Å². The lowest BCUT2D eigenvalue weighted by molar-refractivity contribution is -0.108. The minimum atomic E-state index is -0.290. The molecule has 1 aromatic rings. The molecule has 0 aliphatic rings. The van der Waals surface area contributed by atoms with Crippen molar-refractivity contribution >= 4 is 17.9 Å². The van der Waals surface area contributed by atoms with Gasteiger partial charge in [-0.2, -0.15) is 0 Å². The van der Waals surface area contributed by atoms with E-state index in [1.165, 1.54) is 6.07 Å². The average Bonchev–Trinajstić information content (AvgIpc) is 2.03. The van der Waals surface area contributed by atoms with Crippen molar-refractivity contribution in [3.8, 4) is 5.75 Å². The van der Waals surface area contributed by atoms with Crippen molar-refractivity contribution in [1.82, 2.24) is 0 Å². The van der Waals surface area contributed by atoms with Crippen molar-refractivity contribution < 1.29 is 9.90 Å².